The molecule has 3 heterocycles. The number of hydrogen-bond donors (Lipinski definition) is 0. The molecule has 1 atom stereocenters. The van der Waals surface area contributed by atoms with E-state index >= 15 is 0 Å². The molecule has 2 aliphatic rings. The predicted octanol–water partition coefficient (Wildman–Crippen LogP) is 9.37. The Morgan fingerprint density at radius 1 is 0.795 bits per heavy atom. The molecule has 4 nitrogen and oxygen atoms in total. The van der Waals surface area contributed by atoms with Crippen molar-refractivity contribution in [2.75, 3.05) is 9.80 Å². The summed E-state index contributed by atoms with van der Waals surface area (Å²) in [6.07, 6.45) is 6.99. The van der Waals surface area contributed by atoms with Crippen LogP contribution in [0.25, 0.3) is 11.1 Å². The highest BCUT2D eigenvalue weighted by atomic mass is 15.5. The Labute approximate surface area is 233 Å². The molecule has 3 aromatic carbocycles. The average molecular weight is 517 g/mol. The van der Waals surface area contributed by atoms with Crippen LogP contribution in [0.1, 0.15) is 82.9 Å². The van der Waals surface area contributed by atoms with Crippen LogP contribution in [0.5, 0.6) is 0 Å². The number of hydrogen-bond acceptors (Lipinski definition) is 4. The SMILES string of the molecule is CCC1(CC)Cc2cc(C(C)C)c(-c3ccccc3)cc2N2c3nccnc3N(c3ccc(C(C)C)cc3)C21. The lowest BCUT2D eigenvalue weighted by Crippen LogP contribution is -2.55. The second kappa shape index (κ2) is 9.82. The van der Waals surface area contributed by atoms with Crippen LogP contribution >= 0.6 is 0 Å². The summed E-state index contributed by atoms with van der Waals surface area (Å²) >= 11 is 0. The van der Waals surface area contributed by atoms with Crippen molar-refractivity contribution in [3.05, 3.63) is 95.8 Å². The van der Waals surface area contributed by atoms with Crippen LogP contribution in [-0.2, 0) is 6.42 Å². The number of anilines is 4. The summed E-state index contributed by atoms with van der Waals surface area (Å²) in [4.78, 5) is 14.9. The van der Waals surface area contributed by atoms with Gasteiger partial charge in [0.05, 0.1) is 0 Å². The first-order valence-corrected chi connectivity index (χ1v) is 14.6. The van der Waals surface area contributed by atoms with Gasteiger partial charge < -0.3 is 9.80 Å². The van der Waals surface area contributed by atoms with Gasteiger partial charge in [-0.3, -0.25) is 0 Å². The minimum absolute atomic E-state index is 0.0502. The zero-order chi connectivity index (χ0) is 27.3. The molecule has 2 aliphatic heterocycles. The Morgan fingerprint density at radius 2 is 1.44 bits per heavy atom. The standard InChI is InChI=1S/C35H40N4/c1-7-35(8-2)22-27-20-29(24(5)6)30(26-12-10-9-11-13-26)21-31(27)39-33-32(36-18-19-37-33)38(34(35)39)28-16-14-25(15-17-28)23(3)4/h9-21,23-24,34H,7-8,22H2,1-6H3. The smallest absolute Gasteiger partial charge is 0.178 e. The molecule has 4 heteroatoms. The fourth-order valence-corrected chi connectivity index (χ4v) is 6.79. The number of benzene rings is 3. The van der Waals surface area contributed by atoms with E-state index in [-0.39, 0.29) is 11.6 Å². The summed E-state index contributed by atoms with van der Waals surface area (Å²) in [5, 5.41) is 0. The zero-order valence-corrected chi connectivity index (χ0v) is 24.1. The van der Waals surface area contributed by atoms with Crippen molar-refractivity contribution in [3.8, 4) is 11.1 Å². The summed E-state index contributed by atoms with van der Waals surface area (Å²) in [6.45, 7) is 13.8. The van der Waals surface area contributed by atoms with Crippen molar-refractivity contribution >= 4 is 23.0 Å². The van der Waals surface area contributed by atoms with Crippen molar-refractivity contribution in [1.29, 1.82) is 0 Å². The molecule has 200 valence electrons. The molecular weight excluding hydrogens is 476 g/mol. The van der Waals surface area contributed by atoms with Gasteiger partial charge in [0.15, 0.2) is 11.6 Å². The van der Waals surface area contributed by atoms with Gasteiger partial charge in [-0.25, -0.2) is 9.97 Å². The normalized spacial score (nSPS) is 17.4. The Bertz CT molecular complexity index is 1470. The van der Waals surface area contributed by atoms with Gasteiger partial charge in [0.2, 0.25) is 0 Å². The molecule has 0 saturated heterocycles. The Hall–Kier alpha value is -3.66. The number of rotatable bonds is 6. The van der Waals surface area contributed by atoms with Crippen molar-refractivity contribution in [2.45, 2.75) is 78.8 Å². The van der Waals surface area contributed by atoms with Gasteiger partial charge in [-0.15, -0.1) is 0 Å². The third-order valence-electron chi connectivity index (χ3n) is 9.16. The first kappa shape index (κ1) is 25.6. The molecule has 39 heavy (non-hydrogen) atoms. The Kier molecular flexibility index (Phi) is 6.45. The second-order valence-corrected chi connectivity index (χ2v) is 11.9. The van der Waals surface area contributed by atoms with Crippen molar-refractivity contribution in [3.63, 3.8) is 0 Å². The second-order valence-electron chi connectivity index (χ2n) is 11.9. The molecule has 1 aromatic heterocycles. The van der Waals surface area contributed by atoms with E-state index in [4.69, 9.17) is 9.97 Å². The van der Waals surface area contributed by atoms with Crippen LogP contribution in [-0.4, -0.2) is 16.1 Å². The Balaban J connectivity index is 1.60. The zero-order valence-electron chi connectivity index (χ0n) is 24.1. The number of fused-ring (bicyclic) bond motifs is 5. The van der Waals surface area contributed by atoms with Crippen LogP contribution in [0.2, 0.25) is 0 Å². The van der Waals surface area contributed by atoms with Gasteiger partial charge in [-0.05, 0) is 77.1 Å². The highest BCUT2D eigenvalue weighted by Gasteiger charge is 2.54. The third kappa shape index (κ3) is 4.04. The largest absolute Gasteiger partial charge is 0.301 e. The molecular formula is C35H40N4. The molecule has 1 unspecified atom stereocenters. The lowest BCUT2D eigenvalue weighted by molar-refractivity contribution is 0.197. The molecule has 0 aliphatic carbocycles. The maximum atomic E-state index is 4.98. The van der Waals surface area contributed by atoms with Gasteiger partial charge in [0.25, 0.3) is 0 Å². The van der Waals surface area contributed by atoms with Crippen LogP contribution in [0.3, 0.4) is 0 Å². The van der Waals surface area contributed by atoms with E-state index < -0.39 is 0 Å². The van der Waals surface area contributed by atoms with Crippen LogP contribution < -0.4 is 9.80 Å². The molecule has 0 radical (unpaired) electrons. The van der Waals surface area contributed by atoms with Gasteiger partial charge in [-0.1, -0.05) is 90.1 Å². The summed E-state index contributed by atoms with van der Waals surface area (Å²) in [5.74, 6) is 2.84. The fraction of sp³-hybridized carbons (Fsp3) is 0.371. The minimum Gasteiger partial charge on any atom is -0.301 e. The molecule has 0 amide bonds. The van der Waals surface area contributed by atoms with Crippen LogP contribution in [0, 0.1) is 5.41 Å². The molecule has 0 N–H and O–H groups in total. The van der Waals surface area contributed by atoms with Crippen molar-refractivity contribution in [1.82, 2.24) is 9.97 Å². The predicted molar refractivity (Wildman–Crippen MR) is 163 cm³/mol. The van der Waals surface area contributed by atoms with E-state index in [1.54, 1.807) is 0 Å². The highest BCUT2D eigenvalue weighted by Crippen LogP contribution is 2.58. The first-order chi connectivity index (χ1) is 18.9. The molecule has 6 rings (SSSR count). The lowest BCUT2D eigenvalue weighted by atomic mass is 9.70. The first-order valence-electron chi connectivity index (χ1n) is 14.6. The molecule has 0 saturated carbocycles. The van der Waals surface area contributed by atoms with E-state index in [9.17, 15) is 0 Å². The van der Waals surface area contributed by atoms with Crippen molar-refractivity contribution < 1.29 is 0 Å². The van der Waals surface area contributed by atoms with Gasteiger partial charge in [0, 0.05) is 29.2 Å². The fourth-order valence-electron chi connectivity index (χ4n) is 6.79. The molecule has 0 spiro atoms. The third-order valence-corrected chi connectivity index (χ3v) is 9.16. The van der Waals surface area contributed by atoms with E-state index in [1.807, 2.05) is 12.4 Å². The average Bonchev–Trinajstić information content (AvgIpc) is 3.32. The lowest BCUT2D eigenvalue weighted by Gasteiger charge is -2.50. The van der Waals surface area contributed by atoms with Crippen LogP contribution in [0.15, 0.2) is 79.1 Å². The van der Waals surface area contributed by atoms with Gasteiger partial charge >= 0.3 is 0 Å². The maximum Gasteiger partial charge on any atom is 0.178 e. The van der Waals surface area contributed by atoms with E-state index in [2.05, 4.69) is 118 Å². The summed E-state index contributed by atoms with van der Waals surface area (Å²) in [6, 6.07) is 24.9. The van der Waals surface area contributed by atoms with E-state index in [0.717, 1.165) is 30.9 Å². The Morgan fingerprint density at radius 3 is 2.03 bits per heavy atom. The quantitative estimate of drug-likeness (QED) is 0.255. The van der Waals surface area contributed by atoms with Gasteiger partial charge in [-0.2, -0.15) is 0 Å². The number of aromatic nitrogens is 2. The number of nitrogens with zero attached hydrogens (tertiary/aromatic N) is 4. The molecule has 0 bridgehead atoms. The highest BCUT2D eigenvalue weighted by molar-refractivity contribution is 5.88. The van der Waals surface area contributed by atoms with Crippen LogP contribution in [0.4, 0.5) is 23.0 Å². The van der Waals surface area contributed by atoms with Gasteiger partial charge in [0.1, 0.15) is 6.17 Å². The van der Waals surface area contributed by atoms with E-state index in [0.29, 0.717) is 11.8 Å². The summed E-state index contributed by atoms with van der Waals surface area (Å²) in [7, 11) is 0. The van der Waals surface area contributed by atoms with E-state index in [1.165, 1.54) is 39.2 Å². The molecule has 0 fully saturated rings. The maximum absolute atomic E-state index is 4.98. The summed E-state index contributed by atoms with van der Waals surface area (Å²) < 4.78 is 0. The topological polar surface area (TPSA) is 32.3 Å². The van der Waals surface area contributed by atoms with Crippen molar-refractivity contribution in [2.24, 2.45) is 5.41 Å². The monoisotopic (exact) mass is 516 g/mol. The minimum atomic E-state index is 0.0502. The molecule has 4 aromatic rings. The summed E-state index contributed by atoms with van der Waals surface area (Å²) in [5.41, 5.74) is 9.28.